The molecule has 2 aromatic heterocycles. The molecule has 0 aliphatic carbocycles. The highest BCUT2D eigenvalue weighted by Crippen LogP contribution is 2.31. The summed E-state index contributed by atoms with van der Waals surface area (Å²) in [5.74, 6) is 0.00612. The summed E-state index contributed by atoms with van der Waals surface area (Å²) in [6.07, 6.45) is 5.09. The van der Waals surface area contributed by atoms with Gasteiger partial charge in [0.2, 0.25) is 9.84 Å². The van der Waals surface area contributed by atoms with E-state index in [9.17, 15) is 21.6 Å². The Morgan fingerprint density at radius 1 is 1.00 bits per heavy atom. The van der Waals surface area contributed by atoms with Gasteiger partial charge in [-0.1, -0.05) is 11.3 Å². The molecule has 0 unspecified atom stereocenters. The van der Waals surface area contributed by atoms with E-state index in [0.29, 0.717) is 37.1 Å². The zero-order valence-electron chi connectivity index (χ0n) is 20.0. The van der Waals surface area contributed by atoms with Gasteiger partial charge in [0.05, 0.1) is 27.7 Å². The van der Waals surface area contributed by atoms with Crippen LogP contribution in [0.3, 0.4) is 0 Å². The van der Waals surface area contributed by atoms with E-state index in [1.54, 1.807) is 4.90 Å². The number of thiazole rings is 1. The highest BCUT2D eigenvalue weighted by atomic mass is 32.2. The molecule has 1 aliphatic heterocycles. The molecule has 3 aromatic rings. The molecule has 36 heavy (non-hydrogen) atoms. The van der Waals surface area contributed by atoms with Gasteiger partial charge in [-0.05, 0) is 44.2 Å². The number of aromatic nitrogens is 2. The number of carbonyl (C=O) groups excluding carboxylic acids is 1. The standard InChI is InChI=1S/C23H26N4O6S3/c1-16(2)33-20-5-4-18(35(3,29)30)14-19(20)22(28)26-10-12-27(13-11-26)23-25-15-21(34-23)36(31,32)17-6-8-24-9-7-17/h4-9,14-16H,10-13H2,1-3H3. The lowest BCUT2D eigenvalue weighted by Crippen LogP contribution is -2.48. The van der Waals surface area contributed by atoms with Crippen molar-refractivity contribution in [2.45, 2.75) is 34.0 Å². The maximum atomic E-state index is 13.4. The van der Waals surface area contributed by atoms with Crippen molar-refractivity contribution in [1.82, 2.24) is 14.9 Å². The van der Waals surface area contributed by atoms with Gasteiger partial charge in [-0.3, -0.25) is 9.78 Å². The summed E-state index contributed by atoms with van der Waals surface area (Å²) in [7, 11) is -7.19. The summed E-state index contributed by atoms with van der Waals surface area (Å²) in [6, 6.07) is 7.19. The second kappa shape index (κ2) is 10.1. The predicted molar refractivity (Wildman–Crippen MR) is 135 cm³/mol. The van der Waals surface area contributed by atoms with E-state index in [-0.39, 0.29) is 31.6 Å². The third-order valence-corrected chi connectivity index (χ3v) is 9.91. The van der Waals surface area contributed by atoms with Crippen molar-refractivity contribution in [2.75, 3.05) is 37.3 Å². The second-order valence-corrected chi connectivity index (χ2v) is 13.7. The zero-order valence-corrected chi connectivity index (χ0v) is 22.4. The number of rotatable bonds is 7. The monoisotopic (exact) mass is 550 g/mol. The van der Waals surface area contributed by atoms with Gasteiger partial charge in [-0.2, -0.15) is 0 Å². The largest absolute Gasteiger partial charge is 0.490 e. The number of benzene rings is 1. The van der Waals surface area contributed by atoms with Crippen LogP contribution in [0.1, 0.15) is 24.2 Å². The van der Waals surface area contributed by atoms with E-state index >= 15 is 0 Å². The Morgan fingerprint density at radius 3 is 2.28 bits per heavy atom. The van der Waals surface area contributed by atoms with Crippen molar-refractivity contribution >= 4 is 42.1 Å². The van der Waals surface area contributed by atoms with Gasteiger partial charge in [0.1, 0.15) is 9.96 Å². The van der Waals surface area contributed by atoms with E-state index in [1.807, 2.05) is 18.7 Å². The number of carbonyl (C=O) groups is 1. The molecule has 13 heteroatoms. The Labute approximate surface area is 214 Å². The molecule has 0 bridgehead atoms. The highest BCUT2D eigenvalue weighted by molar-refractivity contribution is 7.93. The number of amides is 1. The molecule has 1 fully saturated rings. The molecule has 0 saturated carbocycles. The van der Waals surface area contributed by atoms with Crippen molar-refractivity contribution in [2.24, 2.45) is 0 Å². The van der Waals surface area contributed by atoms with Crippen LogP contribution in [0.2, 0.25) is 0 Å². The molecule has 0 spiro atoms. The first kappa shape index (κ1) is 26.0. The number of hydrogen-bond acceptors (Lipinski definition) is 10. The Hall–Kier alpha value is -3.03. The van der Waals surface area contributed by atoms with Crippen molar-refractivity contribution in [3.63, 3.8) is 0 Å². The Bertz CT molecular complexity index is 1460. The van der Waals surface area contributed by atoms with Gasteiger partial charge in [0.25, 0.3) is 5.91 Å². The van der Waals surface area contributed by atoms with Crippen molar-refractivity contribution < 1.29 is 26.4 Å². The van der Waals surface area contributed by atoms with E-state index < -0.39 is 19.7 Å². The van der Waals surface area contributed by atoms with Crippen molar-refractivity contribution in [3.05, 3.63) is 54.5 Å². The van der Waals surface area contributed by atoms with Gasteiger partial charge in [-0.25, -0.2) is 21.8 Å². The number of sulfone groups is 2. The Balaban J connectivity index is 1.50. The van der Waals surface area contributed by atoms with Crippen LogP contribution in [0.5, 0.6) is 5.75 Å². The molecule has 0 radical (unpaired) electrons. The van der Waals surface area contributed by atoms with Gasteiger partial charge in [-0.15, -0.1) is 0 Å². The zero-order chi connectivity index (χ0) is 26.1. The van der Waals surface area contributed by atoms with Crippen molar-refractivity contribution in [1.29, 1.82) is 0 Å². The molecule has 1 amide bonds. The number of hydrogen-bond donors (Lipinski definition) is 0. The normalized spacial score (nSPS) is 14.8. The SMILES string of the molecule is CC(C)Oc1ccc(S(C)(=O)=O)cc1C(=O)N1CCN(c2ncc(S(=O)(=O)c3ccncc3)s2)CC1. The lowest BCUT2D eigenvalue weighted by molar-refractivity contribution is 0.0740. The molecule has 1 saturated heterocycles. The van der Waals surface area contributed by atoms with Crippen LogP contribution < -0.4 is 9.64 Å². The molecule has 3 heterocycles. The minimum Gasteiger partial charge on any atom is -0.490 e. The minimum absolute atomic E-state index is 0.0475. The quantitative estimate of drug-likeness (QED) is 0.436. The Kier molecular flexibility index (Phi) is 7.34. The maximum absolute atomic E-state index is 13.4. The maximum Gasteiger partial charge on any atom is 0.257 e. The molecular formula is C23H26N4O6S3. The number of ether oxygens (including phenoxy) is 1. The average molecular weight is 551 g/mol. The van der Waals surface area contributed by atoms with E-state index in [2.05, 4.69) is 9.97 Å². The molecule has 10 nitrogen and oxygen atoms in total. The van der Waals surface area contributed by atoms with Crippen LogP contribution in [-0.2, 0) is 19.7 Å². The lowest BCUT2D eigenvalue weighted by Gasteiger charge is -2.35. The summed E-state index contributed by atoms with van der Waals surface area (Å²) in [4.78, 5) is 25.3. The molecule has 0 atom stereocenters. The molecule has 1 aromatic carbocycles. The first-order valence-electron chi connectivity index (χ1n) is 11.1. The highest BCUT2D eigenvalue weighted by Gasteiger charge is 2.28. The summed E-state index contributed by atoms with van der Waals surface area (Å²) < 4.78 is 55.7. The van der Waals surface area contributed by atoms with E-state index in [0.717, 1.165) is 17.6 Å². The third-order valence-electron chi connectivity index (χ3n) is 5.51. The molecule has 4 rings (SSSR count). The summed E-state index contributed by atoms with van der Waals surface area (Å²) in [5, 5.41) is 0.553. The van der Waals surface area contributed by atoms with Crippen LogP contribution in [0.15, 0.2) is 62.9 Å². The smallest absolute Gasteiger partial charge is 0.257 e. The van der Waals surface area contributed by atoms with Crippen LogP contribution in [0.4, 0.5) is 5.13 Å². The van der Waals surface area contributed by atoms with Gasteiger partial charge in [0, 0.05) is 44.8 Å². The van der Waals surface area contributed by atoms with E-state index in [1.165, 1.54) is 48.9 Å². The van der Waals surface area contributed by atoms with Crippen molar-refractivity contribution in [3.8, 4) is 5.75 Å². The van der Waals surface area contributed by atoms with E-state index in [4.69, 9.17) is 4.74 Å². The molecular weight excluding hydrogens is 524 g/mol. The van der Waals surface area contributed by atoms with Gasteiger partial charge < -0.3 is 14.5 Å². The Morgan fingerprint density at radius 2 is 1.67 bits per heavy atom. The molecule has 1 aliphatic rings. The minimum atomic E-state index is -3.69. The van der Waals surface area contributed by atoms with Gasteiger partial charge >= 0.3 is 0 Å². The number of pyridine rings is 1. The number of piperazine rings is 1. The van der Waals surface area contributed by atoms with Gasteiger partial charge in [0.15, 0.2) is 15.0 Å². The van der Waals surface area contributed by atoms with Crippen LogP contribution in [0, 0.1) is 0 Å². The second-order valence-electron chi connectivity index (χ2n) is 8.52. The molecule has 192 valence electrons. The molecule has 0 N–H and O–H groups in total. The fourth-order valence-electron chi connectivity index (χ4n) is 3.69. The fraction of sp³-hybridized carbons (Fsp3) is 0.348. The first-order valence-corrected chi connectivity index (χ1v) is 15.3. The number of nitrogens with zero attached hydrogens (tertiary/aromatic N) is 4. The summed E-state index contributed by atoms with van der Waals surface area (Å²) >= 11 is 1.08. The van der Waals surface area contributed by atoms with Crippen LogP contribution in [-0.4, -0.2) is 76.1 Å². The van der Waals surface area contributed by atoms with Crippen LogP contribution >= 0.6 is 11.3 Å². The predicted octanol–water partition coefficient (Wildman–Crippen LogP) is 2.52. The summed E-state index contributed by atoms with van der Waals surface area (Å²) in [6.45, 7) is 5.26. The first-order chi connectivity index (χ1) is 17.0. The van der Waals surface area contributed by atoms with Crippen LogP contribution in [0.25, 0.3) is 0 Å². The number of anilines is 1. The fourth-order valence-corrected chi connectivity index (χ4v) is 6.89. The third kappa shape index (κ3) is 5.52. The average Bonchev–Trinajstić information content (AvgIpc) is 3.35. The lowest BCUT2D eigenvalue weighted by atomic mass is 10.1. The topological polar surface area (TPSA) is 127 Å². The summed E-state index contributed by atoms with van der Waals surface area (Å²) in [5.41, 5.74) is 0.194.